The van der Waals surface area contributed by atoms with Crippen LogP contribution in [-0.2, 0) is 11.3 Å². The molecule has 0 saturated carbocycles. The first kappa shape index (κ1) is 19.6. The smallest absolute Gasteiger partial charge is 0.321 e. The Hall–Kier alpha value is -2.68. The Morgan fingerprint density at radius 3 is 2.77 bits per heavy atom. The molecule has 2 rings (SSSR count). The number of carbonyl (C=O) groups is 2. The minimum Gasteiger partial charge on any atom is -0.338 e. The van der Waals surface area contributed by atoms with Gasteiger partial charge in [-0.1, -0.05) is 31.2 Å². The van der Waals surface area contributed by atoms with E-state index in [0.29, 0.717) is 24.1 Å². The zero-order chi connectivity index (χ0) is 18.8. The molecule has 8 nitrogen and oxygen atoms in total. The van der Waals surface area contributed by atoms with Crippen LogP contribution in [0.15, 0.2) is 42.3 Å². The molecule has 0 atom stereocenters. The first-order valence-electron chi connectivity index (χ1n) is 8.30. The van der Waals surface area contributed by atoms with Gasteiger partial charge in [0, 0.05) is 31.0 Å². The molecule has 2 aromatic rings. The van der Waals surface area contributed by atoms with Crippen LogP contribution in [0, 0.1) is 0 Å². The van der Waals surface area contributed by atoms with E-state index in [1.165, 1.54) is 11.8 Å². The van der Waals surface area contributed by atoms with Gasteiger partial charge < -0.3 is 5.32 Å². The standard InChI is InChI=1S/C17H22N6O2S/c1-3-5-8-19-16(25)20-14(24)12-26-17-22-21-15(23(17)11-4-2)13-6-9-18-10-7-13/h4,6-7,9-10H,2-3,5,8,11-12H2,1H3,(H2,19,20,24,25). The summed E-state index contributed by atoms with van der Waals surface area (Å²) in [5.74, 6) is 0.349. The highest BCUT2D eigenvalue weighted by Crippen LogP contribution is 2.23. The summed E-state index contributed by atoms with van der Waals surface area (Å²) in [6.45, 7) is 6.83. The molecule has 0 aliphatic heterocycles. The summed E-state index contributed by atoms with van der Waals surface area (Å²) < 4.78 is 1.86. The Kier molecular flexibility index (Phi) is 7.81. The second-order valence-corrected chi connectivity index (χ2v) is 6.33. The number of thioether (sulfide) groups is 1. The predicted octanol–water partition coefficient (Wildman–Crippen LogP) is 2.24. The van der Waals surface area contributed by atoms with Gasteiger partial charge in [-0.3, -0.25) is 19.7 Å². The molecule has 2 N–H and O–H groups in total. The third-order valence-electron chi connectivity index (χ3n) is 3.37. The van der Waals surface area contributed by atoms with Gasteiger partial charge in [-0.25, -0.2) is 4.79 Å². The number of nitrogens with one attached hydrogen (secondary N) is 2. The van der Waals surface area contributed by atoms with Gasteiger partial charge in [0.2, 0.25) is 5.91 Å². The van der Waals surface area contributed by atoms with Gasteiger partial charge in [-0.2, -0.15) is 0 Å². The van der Waals surface area contributed by atoms with Crippen LogP contribution in [0.5, 0.6) is 0 Å². The molecule has 0 spiro atoms. The fourth-order valence-electron chi connectivity index (χ4n) is 2.12. The number of unbranched alkanes of at least 4 members (excludes halogenated alkanes) is 1. The SMILES string of the molecule is C=CCn1c(SCC(=O)NC(=O)NCCCC)nnc1-c1ccncc1. The highest BCUT2D eigenvalue weighted by Gasteiger charge is 2.15. The maximum atomic E-state index is 11.9. The maximum absolute atomic E-state index is 11.9. The topological polar surface area (TPSA) is 102 Å². The van der Waals surface area contributed by atoms with Crippen molar-refractivity contribution in [1.82, 2.24) is 30.4 Å². The summed E-state index contributed by atoms with van der Waals surface area (Å²) in [4.78, 5) is 27.5. The predicted molar refractivity (Wildman–Crippen MR) is 101 cm³/mol. The molecule has 0 bridgehead atoms. The molecule has 0 saturated heterocycles. The van der Waals surface area contributed by atoms with Crippen molar-refractivity contribution >= 4 is 23.7 Å². The first-order chi connectivity index (χ1) is 12.7. The van der Waals surface area contributed by atoms with Crippen LogP contribution in [0.4, 0.5) is 4.79 Å². The van der Waals surface area contributed by atoms with Gasteiger partial charge in [-0.05, 0) is 18.6 Å². The quantitative estimate of drug-likeness (QED) is 0.396. The molecule has 2 heterocycles. The lowest BCUT2D eigenvalue weighted by Gasteiger charge is -2.08. The number of allylic oxidation sites excluding steroid dienone is 1. The van der Waals surface area contributed by atoms with E-state index < -0.39 is 6.03 Å². The fraction of sp³-hybridized carbons (Fsp3) is 0.353. The van der Waals surface area contributed by atoms with Crippen molar-refractivity contribution in [3.63, 3.8) is 0 Å². The van der Waals surface area contributed by atoms with Gasteiger partial charge in [0.05, 0.1) is 5.75 Å². The highest BCUT2D eigenvalue weighted by molar-refractivity contribution is 7.99. The Morgan fingerprint density at radius 2 is 2.08 bits per heavy atom. The summed E-state index contributed by atoms with van der Waals surface area (Å²) in [6, 6.07) is 3.20. The lowest BCUT2D eigenvalue weighted by Crippen LogP contribution is -2.40. The monoisotopic (exact) mass is 374 g/mol. The number of imide groups is 1. The Morgan fingerprint density at radius 1 is 1.31 bits per heavy atom. The van der Waals surface area contributed by atoms with Crippen molar-refractivity contribution in [2.45, 2.75) is 31.5 Å². The molecule has 0 unspecified atom stereocenters. The largest absolute Gasteiger partial charge is 0.338 e. The lowest BCUT2D eigenvalue weighted by atomic mass is 10.2. The van der Waals surface area contributed by atoms with E-state index in [9.17, 15) is 9.59 Å². The van der Waals surface area contributed by atoms with Gasteiger partial charge >= 0.3 is 6.03 Å². The summed E-state index contributed by atoms with van der Waals surface area (Å²) in [5.41, 5.74) is 0.876. The van der Waals surface area contributed by atoms with E-state index in [1.54, 1.807) is 18.5 Å². The second kappa shape index (κ2) is 10.3. The van der Waals surface area contributed by atoms with Gasteiger partial charge in [0.1, 0.15) is 0 Å². The van der Waals surface area contributed by atoms with Crippen LogP contribution in [0.1, 0.15) is 19.8 Å². The average molecular weight is 374 g/mol. The highest BCUT2D eigenvalue weighted by atomic mass is 32.2. The molecule has 138 valence electrons. The summed E-state index contributed by atoms with van der Waals surface area (Å²) in [7, 11) is 0. The molecule has 0 fully saturated rings. The number of aromatic nitrogens is 4. The number of amides is 3. The van der Waals surface area contributed by atoms with Crippen molar-refractivity contribution in [3.8, 4) is 11.4 Å². The fourth-order valence-corrected chi connectivity index (χ4v) is 2.87. The Bertz CT molecular complexity index is 747. The molecular formula is C17H22N6O2S. The maximum Gasteiger partial charge on any atom is 0.321 e. The summed E-state index contributed by atoms with van der Waals surface area (Å²) in [5, 5.41) is 13.9. The van der Waals surface area contributed by atoms with Gasteiger partial charge in [0.15, 0.2) is 11.0 Å². The van der Waals surface area contributed by atoms with E-state index >= 15 is 0 Å². The van der Waals surface area contributed by atoms with Crippen molar-refractivity contribution < 1.29 is 9.59 Å². The van der Waals surface area contributed by atoms with E-state index in [0.717, 1.165) is 18.4 Å². The van der Waals surface area contributed by atoms with Gasteiger partial charge in [-0.15, -0.1) is 16.8 Å². The summed E-state index contributed by atoms with van der Waals surface area (Å²) >= 11 is 1.21. The average Bonchev–Trinajstić information content (AvgIpc) is 3.04. The van der Waals surface area contributed by atoms with Crippen LogP contribution in [-0.4, -0.2) is 44.0 Å². The summed E-state index contributed by atoms with van der Waals surface area (Å²) in [6.07, 6.45) is 6.94. The third-order valence-corrected chi connectivity index (χ3v) is 4.33. The van der Waals surface area contributed by atoms with E-state index in [1.807, 2.05) is 23.6 Å². The molecule has 0 radical (unpaired) electrons. The number of rotatable bonds is 9. The molecule has 0 aliphatic carbocycles. The number of nitrogens with zero attached hydrogens (tertiary/aromatic N) is 4. The number of pyridine rings is 1. The molecule has 26 heavy (non-hydrogen) atoms. The van der Waals surface area contributed by atoms with E-state index in [2.05, 4.69) is 32.4 Å². The van der Waals surface area contributed by atoms with Crippen LogP contribution >= 0.6 is 11.8 Å². The Labute approximate surface area is 156 Å². The lowest BCUT2D eigenvalue weighted by molar-refractivity contribution is -0.117. The molecule has 2 aromatic heterocycles. The van der Waals surface area contributed by atoms with Crippen LogP contribution in [0.25, 0.3) is 11.4 Å². The van der Waals surface area contributed by atoms with E-state index in [-0.39, 0.29) is 11.7 Å². The van der Waals surface area contributed by atoms with Crippen LogP contribution in [0.3, 0.4) is 0 Å². The first-order valence-corrected chi connectivity index (χ1v) is 9.29. The van der Waals surface area contributed by atoms with Crippen molar-refractivity contribution in [2.75, 3.05) is 12.3 Å². The van der Waals surface area contributed by atoms with Crippen molar-refractivity contribution in [1.29, 1.82) is 0 Å². The molecule has 9 heteroatoms. The number of urea groups is 1. The molecule has 3 amide bonds. The molecule has 0 aromatic carbocycles. The number of hydrogen-bond donors (Lipinski definition) is 2. The van der Waals surface area contributed by atoms with Gasteiger partial charge in [0.25, 0.3) is 0 Å². The van der Waals surface area contributed by atoms with E-state index in [4.69, 9.17) is 0 Å². The normalized spacial score (nSPS) is 10.3. The number of carbonyl (C=O) groups excluding carboxylic acids is 2. The minimum absolute atomic E-state index is 0.0623. The zero-order valence-electron chi connectivity index (χ0n) is 14.6. The Balaban J connectivity index is 1.97. The van der Waals surface area contributed by atoms with Crippen LogP contribution in [0.2, 0.25) is 0 Å². The second-order valence-electron chi connectivity index (χ2n) is 5.39. The van der Waals surface area contributed by atoms with Crippen molar-refractivity contribution in [3.05, 3.63) is 37.2 Å². The number of hydrogen-bond acceptors (Lipinski definition) is 6. The van der Waals surface area contributed by atoms with Crippen LogP contribution < -0.4 is 10.6 Å². The zero-order valence-corrected chi connectivity index (χ0v) is 15.5. The molecular weight excluding hydrogens is 352 g/mol. The van der Waals surface area contributed by atoms with Crippen molar-refractivity contribution in [2.24, 2.45) is 0 Å². The third kappa shape index (κ3) is 5.69. The molecule has 0 aliphatic rings. The minimum atomic E-state index is -0.478.